The van der Waals surface area contributed by atoms with Crippen LogP contribution in [0, 0.1) is 0 Å². The minimum absolute atomic E-state index is 0.191. The van der Waals surface area contributed by atoms with Gasteiger partial charge in [-0.05, 0) is 35.4 Å². The molecule has 3 amide bonds. The van der Waals surface area contributed by atoms with Crippen LogP contribution in [0.4, 0.5) is 11.4 Å². The summed E-state index contributed by atoms with van der Waals surface area (Å²) >= 11 is 0. The number of methoxy groups -OCH3 is 1. The van der Waals surface area contributed by atoms with E-state index >= 15 is 0 Å². The van der Waals surface area contributed by atoms with E-state index in [9.17, 15) is 14.4 Å². The van der Waals surface area contributed by atoms with Crippen molar-refractivity contribution in [2.24, 2.45) is 0 Å². The highest BCUT2D eigenvalue weighted by molar-refractivity contribution is 6.04. The minimum atomic E-state index is -0.842. The zero-order valence-electron chi connectivity index (χ0n) is 17.8. The van der Waals surface area contributed by atoms with Gasteiger partial charge in [-0.25, -0.2) is 0 Å². The molecule has 1 unspecified atom stereocenters. The van der Waals surface area contributed by atoms with Crippen LogP contribution in [0.2, 0.25) is 0 Å². The van der Waals surface area contributed by atoms with Crippen molar-refractivity contribution in [2.45, 2.75) is 19.5 Å². The number of anilines is 2. The van der Waals surface area contributed by atoms with Crippen molar-refractivity contribution in [3.05, 3.63) is 89.5 Å². The quantitative estimate of drug-likeness (QED) is 0.620. The van der Waals surface area contributed by atoms with Crippen LogP contribution in [0.5, 0.6) is 5.75 Å². The number of ether oxygens (including phenoxy) is 1. The lowest BCUT2D eigenvalue weighted by atomic mass is 10.0. The van der Waals surface area contributed by atoms with Gasteiger partial charge in [0.1, 0.15) is 11.8 Å². The van der Waals surface area contributed by atoms with E-state index in [1.165, 1.54) is 14.0 Å². The summed E-state index contributed by atoms with van der Waals surface area (Å²) in [6.07, 6.45) is 0. The van der Waals surface area contributed by atoms with E-state index in [1.54, 1.807) is 29.2 Å². The summed E-state index contributed by atoms with van der Waals surface area (Å²) in [7, 11) is 1.50. The van der Waals surface area contributed by atoms with E-state index in [0.29, 0.717) is 34.8 Å². The zero-order valence-corrected chi connectivity index (χ0v) is 17.8. The molecule has 0 radical (unpaired) electrons. The van der Waals surface area contributed by atoms with Gasteiger partial charge in [-0.1, -0.05) is 48.5 Å². The number of nitrogens with zero attached hydrogens (tertiary/aromatic N) is 1. The molecule has 0 saturated heterocycles. The standard InChI is InChI=1S/C25H23N3O4/c1-16(29)26-19-12-13-22(32-2)21(14-19)27-24(30)23(17-8-4-3-5-9-17)28-15-18-10-6-7-11-20(18)25(28)31/h3-14,23H,15H2,1-2H3,(H,26,29)(H,27,30). The Morgan fingerprint density at radius 2 is 1.69 bits per heavy atom. The summed E-state index contributed by atoms with van der Waals surface area (Å²) in [5, 5.41) is 5.58. The number of hydrogen-bond donors (Lipinski definition) is 2. The summed E-state index contributed by atoms with van der Waals surface area (Å²) in [6.45, 7) is 1.75. The summed E-state index contributed by atoms with van der Waals surface area (Å²) < 4.78 is 5.38. The fourth-order valence-electron chi connectivity index (χ4n) is 3.88. The summed E-state index contributed by atoms with van der Waals surface area (Å²) in [5.41, 5.74) is 3.11. The Hall–Kier alpha value is -4.13. The van der Waals surface area contributed by atoms with E-state index in [-0.39, 0.29) is 17.7 Å². The van der Waals surface area contributed by atoms with Crippen molar-refractivity contribution >= 4 is 29.1 Å². The van der Waals surface area contributed by atoms with E-state index in [4.69, 9.17) is 4.74 Å². The molecule has 0 spiro atoms. The van der Waals surface area contributed by atoms with Crippen LogP contribution in [-0.2, 0) is 16.1 Å². The second-order valence-electron chi connectivity index (χ2n) is 7.49. The van der Waals surface area contributed by atoms with Crippen LogP contribution in [-0.4, -0.2) is 29.7 Å². The molecule has 162 valence electrons. The fraction of sp³-hybridized carbons (Fsp3) is 0.160. The molecule has 4 rings (SSSR count). The second-order valence-corrected chi connectivity index (χ2v) is 7.49. The van der Waals surface area contributed by atoms with E-state index in [0.717, 1.165) is 5.56 Å². The van der Waals surface area contributed by atoms with Gasteiger partial charge in [-0.2, -0.15) is 0 Å². The lowest BCUT2D eigenvalue weighted by molar-refractivity contribution is -0.120. The molecule has 0 fully saturated rings. The van der Waals surface area contributed by atoms with Crippen molar-refractivity contribution < 1.29 is 19.1 Å². The third-order valence-electron chi connectivity index (χ3n) is 5.30. The van der Waals surface area contributed by atoms with Crippen molar-refractivity contribution in [1.82, 2.24) is 4.90 Å². The van der Waals surface area contributed by atoms with Crippen LogP contribution in [0.15, 0.2) is 72.8 Å². The molecule has 0 bridgehead atoms. The molecule has 1 heterocycles. The molecular weight excluding hydrogens is 406 g/mol. The number of rotatable bonds is 6. The third-order valence-corrected chi connectivity index (χ3v) is 5.30. The highest BCUT2D eigenvalue weighted by atomic mass is 16.5. The molecule has 3 aromatic carbocycles. The van der Waals surface area contributed by atoms with Gasteiger partial charge >= 0.3 is 0 Å². The van der Waals surface area contributed by atoms with Gasteiger partial charge in [-0.3, -0.25) is 14.4 Å². The number of nitrogens with one attached hydrogen (secondary N) is 2. The lowest BCUT2D eigenvalue weighted by Gasteiger charge is -2.27. The van der Waals surface area contributed by atoms with Crippen molar-refractivity contribution in [2.75, 3.05) is 17.7 Å². The van der Waals surface area contributed by atoms with Crippen LogP contribution < -0.4 is 15.4 Å². The van der Waals surface area contributed by atoms with Gasteiger partial charge in [0.25, 0.3) is 11.8 Å². The maximum atomic E-state index is 13.6. The summed E-state index contributed by atoms with van der Waals surface area (Å²) in [4.78, 5) is 39.7. The molecule has 0 aromatic heterocycles. The Morgan fingerprint density at radius 1 is 0.969 bits per heavy atom. The first-order valence-electron chi connectivity index (χ1n) is 10.2. The Bertz CT molecular complexity index is 1180. The number of carbonyl (C=O) groups is 3. The van der Waals surface area contributed by atoms with Crippen LogP contribution in [0.3, 0.4) is 0 Å². The van der Waals surface area contributed by atoms with Crippen molar-refractivity contribution in [1.29, 1.82) is 0 Å². The summed E-state index contributed by atoms with van der Waals surface area (Å²) in [5.74, 6) is -0.357. The summed E-state index contributed by atoms with van der Waals surface area (Å²) in [6, 6.07) is 20.7. The molecule has 1 atom stereocenters. The highest BCUT2D eigenvalue weighted by Crippen LogP contribution is 2.34. The molecule has 1 aliphatic rings. The van der Waals surface area contributed by atoms with Gasteiger partial charge in [0.15, 0.2) is 0 Å². The zero-order chi connectivity index (χ0) is 22.7. The van der Waals surface area contributed by atoms with Gasteiger partial charge in [0, 0.05) is 24.7 Å². The Morgan fingerprint density at radius 3 is 2.38 bits per heavy atom. The maximum absolute atomic E-state index is 13.6. The van der Waals surface area contributed by atoms with Crippen LogP contribution in [0.1, 0.15) is 34.5 Å². The fourth-order valence-corrected chi connectivity index (χ4v) is 3.88. The smallest absolute Gasteiger partial charge is 0.255 e. The average molecular weight is 429 g/mol. The molecule has 32 heavy (non-hydrogen) atoms. The maximum Gasteiger partial charge on any atom is 0.255 e. The van der Waals surface area contributed by atoms with Crippen molar-refractivity contribution in [3.8, 4) is 5.75 Å². The molecule has 7 heteroatoms. The van der Waals surface area contributed by atoms with E-state index in [1.807, 2.05) is 48.5 Å². The average Bonchev–Trinajstić information content (AvgIpc) is 3.11. The minimum Gasteiger partial charge on any atom is -0.495 e. The first-order valence-corrected chi connectivity index (χ1v) is 10.2. The van der Waals surface area contributed by atoms with E-state index < -0.39 is 6.04 Å². The molecule has 0 aliphatic carbocycles. The lowest BCUT2D eigenvalue weighted by Crippen LogP contribution is -2.37. The number of carbonyl (C=O) groups excluding carboxylic acids is 3. The molecule has 2 N–H and O–H groups in total. The Labute approximate surface area is 186 Å². The number of benzene rings is 3. The second kappa shape index (κ2) is 8.93. The first-order chi connectivity index (χ1) is 15.5. The SMILES string of the molecule is COc1ccc(NC(C)=O)cc1NC(=O)C(c1ccccc1)N1Cc2ccccc2C1=O. The van der Waals surface area contributed by atoms with Gasteiger partial charge < -0.3 is 20.3 Å². The predicted octanol–water partition coefficient (Wildman–Crippen LogP) is 3.99. The third kappa shape index (κ3) is 4.18. The molecule has 0 saturated carbocycles. The first kappa shape index (κ1) is 21.1. The molecule has 3 aromatic rings. The van der Waals surface area contributed by atoms with Crippen LogP contribution >= 0.6 is 0 Å². The van der Waals surface area contributed by atoms with Gasteiger partial charge in [-0.15, -0.1) is 0 Å². The predicted molar refractivity (Wildman–Crippen MR) is 121 cm³/mol. The molecule has 1 aliphatic heterocycles. The Balaban J connectivity index is 1.68. The number of fused-ring (bicyclic) bond motifs is 1. The Kier molecular flexibility index (Phi) is 5.89. The molecular formula is C25H23N3O4. The van der Waals surface area contributed by atoms with Crippen LogP contribution in [0.25, 0.3) is 0 Å². The normalized spacial score (nSPS) is 13.3. The van der Waals surface area contributed by atoms with Crippen molar-refractivity contribution in [3.63, 3.8) is 0 Å². The van der Waals surface area contributed by atoms with Gasteiger partial charge in [0.05, 0.1) is 12.8 Å². The highest BCUT2D eigenvalue weighted by Gasteiger charge is 2.37. The molecule has 7 nitrogen and oxygen atoms in total. The van der Waals surface area contributed by atoms with E-state index in [2.05, 4.69) is 10.6 Å². The van der Waals surface area contributed by atoms with Gasteiger partial charge in [0.2, 0.25) is 5.91 Å². The monoisotopic (exact) mass is 429 g/mol. The number of amides is 3. The largest absolute Gasteiger partial charge is 0.495 e. The number of hydrogen-bond acceptors (Lipinski definition) is 4. The topological polar surface area (TPSA) is 87.7 Å².